The van der Waals surface area contributed by atoms with Crippen LogP contribution < -0.4 is 10.4 Å². The zero-order valence-corrected chi connectivity index (χ0v) is 14.7. The maximum absolute atomic E-state index is 2.44. The monoisotopic (exact) mass is 322 g/mol. The largest absolute Gasteiger partial charge is 0.0722 e. The van der Waals surface area contributed by atoms with Gasteiger partial charge in [0.15, 0.2) is 0 Å². The van der Waals surface area contributed by atoms with Crippen molar-refractivity contribution in [3.8, 4) is 0 Å². The average Bonchev–Trinajstić information content (AvgIpc) is 2.67. The van der Waals surface area contributed by atoms with Crippen LogP contribution in [0.5, 0.6) is 0 Å². The van der Waals surface area contributed by atoms with Gasteiger partial charge >= 0.3 is 0 Å². The number of fused-ring (bicyclic) bond motifs is 3. The Morgan fingerprint density at radius 1 is 0.720 bits per heavy atom. The molecular formula is C25H22. The van der Waals surface area contributed by atoms with Crippen molar-refractivity contribution in [1.82, 2.24) is 0 Å². The van der Waals surface area contributed by atoms with E-state index in [1.54, 1.807) is 22.3 Å². The number of aryl methyl sites for hydroxylation is 1. The fourth-order valence-corrected chi connectivity index (χ4v) is 4.46. The highest BCUT2D eigenvalue weighted by atomic mass is 14.3. The summed E-state index contributed by atoms with van der Waals surface area (Å²) in [6, 6.07) is 17.8. The fourth-order valence-electron chi connectivity index (χ4n) is 4.46. The molecule has 0 spiro atoms. The molecule has 0 radical (unpaired) electrons. The summed E-state index contributed by atoms with van der Waals surface area (Å²) in [6.07, 6.45) is 11.8. The first-order valence-electron chi connectivity index (χ1n) is 9.28. The Bertz CT molecular complexity index is 1070. The molecular weight excluding hydrogens is 300 g/mol. The topological polar surface area (TPSA) is 0 Å². The van der Waals surface area contributed by atoms with Crippen molar-refractivity contribution in [3.63, 3.8) is 0 Å². The summed E-state index contributed by atoms with van der Waals surface area (Å²) in [6.45, 7) is 2.15. The van der Waals surface area contributed by atoms with Crippen molar-refractivity contribution in [2.75, 3.05) is 0 Å². The third-order valence-corrected chi connectivity index (χ3v) is 5.81. The fraction of sp³-hybridized carbons (Fsp3) is 0.200. The van der Waals surface area contributed by atoms with Crippen LogP contribution in [0, 0.1) is 6.92 Å². The third-order valence-electron chi connectivity index (χ3n) is 5.81. The Balaban J connectivity index is 1.60. The molecule has 25 heavy (non-hydrogen) atoms. The normalized spacial score (nSPS) is 18.5. The third kappa shape index (κ3) is 2.44. The second-order valence-corrected chi connectivity index (χ2v) is 7.33. The lowest BCUT2D eigenvalue weighted by Crippen LogP contribution is -2.31. The first kappa shape index (κ1) is 14.7. The van der Waals surface area contributed by atoms with Gasteiger partial charge in [-0.05, 0) is 76.5 Å². The zero-order valence-electron chi connectivity index (χ0n) is 14.7. The maximum Gasteiger partial charge on any atom is -0.00823 e. The van der Waals surface area contributed by atoms with Crippen LogP contribution in [0.2, 0.25) is 0 Å². The summed E-state index contributed by atoms with van der Waals surface area (Å²) in [7, 11) is 0. The van der Waals surface area contributed by atoms with Crippen LogP contribution in [0.4, 0.5) is 0 Å². The van der Waals surface area contributed by atoms with Crippen LogP contribution in [0.3, 0.4) is 0 Å². The minimum atomic E-state index is 1.07. The number of rotatable bonds is 1. The lowest BCUT2D eigenvalue weighted by atomic mass is 9.75. The van der Waals surface area contributed by atoms with Crippen molar-refractivity contribution in [3.05, 3.63) is 99.0 Å². The van der Waals surface area contributed by atoms with Gasteiger partial charge in [-0.3, -0.25) is 0 Å². The molecule has 0 amide bonds. The van der Waals surface area contributed by atoms with Gasteiger partial charge in [0.1, 0.15) is 0 Å². The Hall–Kier alpha value is -2.60. The first-order valence-corrected chi connectivity index (χ1v) is 9.28. The first-order chi connectivity index (χ1) is 12.3. The molecule has 0 aliphatic heterocycles. The molecule has 0 heteroatoms. The van der Waals surface area contributed by atoms with E-state index in [1.807, 2.05) is 0 Å². The Kier molecular flexibility index (Phi) is 3.38. The molecule has 3 aliphatic carbocycles. The molecule has 5 rings (SSSR count). The Labute approximate surface area is 149 Å². The van der Waals surface area contributed by atoms with Gasteiger partial charge in [-0.2, -0.15) is 0 Å². The predicted octanol–water partition coefficient (Wildman–Crippen LogP) is 4.83. The van der Waals surface area contributed by atoms with Crippen LogP contribution in [0.1, 0.15) is 36.8 Å². The lowest BCUT2D eigenvalue weighted by Gasteiger charge is -2.29. The van der Waals surface area contributed by atoms with Crippen molar-refractivity contribution in [1.29, 1.82) is 0 Å². The van der Waals surface area contributed by atoms with Gasteiger partial charge < -0.3 is 0 Å². The summed E-state index contributed by atoms with van der Waals surface area (Å²) in [5, 5.41) is 2.88. The highest BCUT2D eigenvalue weighted by Crippen LogP contribution is 2.42. The van der Waals surface area contributed by atoms with Gasteiger partial charge in [0.2, 0.25) is 0 Å². The molecule has 0 fully saturated rings. The van der Waals surface area contributed by atoms with E-state index in [4.69, 9.17) is 0 Å². The molecule has 0 N–H and O–H groups in total. The van der Waals surface area contributed by atoms with Gasteiger partial charge in [-0.25, -0.2) is 0 Å². The molecule has 0 atom stereocenters. The van der Waals surface area contributed by atoms with Gasteiger partial charge in [-0.15, -0.1) is 0 Å². The molecule has 0 nitrogen and oxygen atoms in total. The van der Waals surface area contributed by atoms with Gasteiger partial charge in [0.25, 0.3) is 0 Å². The van der Waals surface area contributed by atoms with E-state index in [9.17, 15) is 0 Å². The van der Waals surface area contributed by atoms with Crippen molar-refractivity contribution >= 4 is 17.2 Å². The van der Waals surface area contributed by atoms with E-state index in [0.717, 1.165) is 12.8 Å². The molecule has 3 aliphatic rings. The van der Waals surface area contributed by atoms with Crippen LogP contribution in [0.25, 0.3) is 17.2 Å². The van der Waals surface area contributed by atoms with E-state index in [1.165, 1.54) is 40.0 Å². The lowest BCUT2D eigenvalue weighted by molar-refractivity contribution is 0.908. The summed E-state index contributed by atoms with van der Waals surface area (Å²) in [4.78, 5) is 0. The molecule has 0 saturated carbocycles. The second kappa shape index (κ2) is 5.74. The van der Waals surface area contributed by atoms with Gasteiger partial charge in [0, 0.05) is 0 Å². The molecule has 0 saturated heterocycles. The number of hydrogen-bond acceptors (Lipinski definition) is 0. The van der Waals surface area contributed by atoms with E-state index in [2.05, 4.69) is 73.7 Å². The van der Waals surface area contributed by atoms with E-state index in [0.29, 0.717) is 0 Å². The number of benzene rings is 2. The van der Waals surface area contributed by atoms with Crippen LogP contribution in [-0.4, -0.2) is 0 Å². The summed E-state index contributed by atoms with van der Waals surface area (Å²) < 4.78 is 0. The van der Waals surface area contributed by atoms with E-state index in [-0.39, 0.29) is 0 Å². The van der Waals surface area contributed by atoms with Crippen LogP contribution in [-0.2, 0) is 0 Å². The number of allylic oxidation sites excluding steroid dienone is 6. The second-order valence-electron chi connectivity index (χ2n) is 7.33. The highest BCUT2D eigenvalue weighted by Gasteiger charge is 2.24. The molecule has 0 unspecified atom stereocenters. The van der Waals surface area contributed by atoms with Crippen molar-refractivity contribution < 1.29 is 0 Å². The summed E-state index contributed by atoms with van der Waals surface area (Å²) in [5.74, 6) is 0. The van der Waals surface area contributed by atoms with Crippen molar-refractivity contribution in [2.45, 2.75) is 32.6 Å². The van der Waals surface area contributed by atoms with Crippen molar-refractivity contribution in [2.24, 2.45) is 0 Å². The number of hydrogen-bond donors (Lipinski definition) is 0. The minimum absolute atomic E-state index is 1.07. The molecule has 2 aromatic rings. The van der Waals surface area contributed by atoms with E-state index >= 15 is 0 Å². The standard InChI is InChI=1S/C25H22/c1-17-6-8-18(9-7-17)20-11-13-23-21(16-20)12-15-24-22-5-3-2-4-19(22)10-14-25(23)24/h2-11,16H,12-15H2,1H3. The smallest absolute Gasteiger partial charge is 0.00823 e. The molecule has 0 aromatic heterocycles. The molecule has 122 valence electrons. The Morgan fingerprint density at radius 3 is 2.40 bits per heavy atom. The van der Waals surface area contributed by atoms with Gasteiger partial charge in [-0.1, -0.05) is 72.3 Å². The highest BCUT2D eigenvalue weighted by molar-refractivity contribution is 5.82. The minimum Gasteiger partial charge on any atom is -0.0722 e. The van der Waals surface area contributed by atoms with E-state index < -0.39 is 0 Å². The van der Waals surface area contributed by atoms with Gasteiger partial charge in [0.05, 0.1) is 0 Å². The Morgan fingerprint density at radius 2 is 1.52 bits per heavy atom. The quantitative estimate of drug-likeness (QED) is 0.705. The van der Waals surface area contributed by atoms with Crippen LogP contribution in [0.15, 0.2) is 77.4 Å². The summed E-state index contributed by atoms with van der Waals surface area (Å²) >= 11 is 0. The SMILES string of the molecule is Cc1ccc(C2=CCC3=C4CC=c5ccccc5=C4CCC3=C2)cc1. The molecule has 2 aromatic carbocycles. The zero-order chi connectivity index (χ0) is 16.8. The maximum atomic E-state index is 2.44. The summed E-state index contributed by atoms with van der Waals surface area (Å²) in [5.41, 5.74) is 10.4. The molecule has 0 heterocycles. The molecule has 0 bridgehead atoms. The predicted molar refractivity (Wildman–Crippen MR) is 106 cm³/mol. The van der Waals surface area contributed by atoms with Crippen LogP contribution >= 0.6 is 0 Å². The average molecular weight is 322 g/mol.